The lowest BCUT2D eigenvalue weighted by Crippen LogP contribution is -2.36. The molecule has 2 aromatic rings. The minimum Gasteiger partial charge on any atom is -0.472 e. The van der Waals surface area contributed by atoms with Gasteiger partial charge in [-0.15, -0.1) is 0 Å². The first-order chi connectivity index (χ1) is 12.0. The fourth-order valence-corrected chi connectivity index (χ4v) is 3.44. The SMILES string of the molecule is C=C/C(=C1/c2cc(=O)c(C(C)=O)cn2[C@H](CC)CN1C)c1ccoc1. The highest BCUT2D eigenvalue weighted by atomic mass is 16.3. The van der Waals surface area contributed by atoms with E-state index < -0.39 is 0 Å². The van der Waals surface area contributed by atoms with Gasteiger partial charge in [0.2, 0.25) is 0 Å². The molecule has 5 nitrogen and oxygen atoms in total. The van der Waals surface area contributed by atoms with Crippen molar-refractivity contribution in [2.45, 2.75) is 26.3 Å². The molecule has 5 heteroatoms. The van der Waals surface area contributed by atoms with Gasteiger partial charge in [-0.2, -0.15) is 0 Å². The third kappa shape index (κ3) is 2.86. The molecule has 0 fully saturated rings. The topological polar surface area (TPSA) is 55.5 Å². The smallest absolute Gasteiger partial charge is 0.193 e. The third-order valence-corrected chi connectivity index (χ3v) is 4.72. The van der Waals surface area contributed by atoms with E-state index in [1.54, 1.807) is 30.9 Å². The predicted octanol–water partition coefficient (Wildman–Crippen LogP) is 3.59. The Hall–Kier alpha value is -2.82. The molecule has 3 heterocycles. The number of likely N-dealkylation sites (N-methyl/N-ethyl adjacent to an activating group) is 1. The number of fused-ring (bicyclic) bond motifs is 1. The summed E-state index contributed by atoms with van der Waals surface area (Å²) in [6, 6.07) is 3.63. The first-order valence-corrected chi connectivity index (χ1v) is 8.35. The fourth-order valence-electron chi connectivity index (χ4n) is 3.44. The summed E-state index contributed by atoms with van der Waals surface area (Å²) >= 11 is 0. The van der Waals surface area contributed by atoms with E-state index in [-0.39, 0.29) is 22.8 Å². The van der Waals surface area contributed by atoms with Gasteiger partial charge in [0.15, 0.2) is 11.2 Å². The predicted molar refractivity (Wildman–Crippen MR) is 98.4 cm³/mol. The third-order valence-electron chi connectivity index (χ3n) is 4.72. The second kappa shape index (κ2) is 6.59. The van der Waals surface area contributed by atoms with Gasteiger partial charge in [0, 0.05) is 37.0 Å². The highest BCUT2D eigenvalue weighted by molar-refractivity contribution is 5.96. The summed E-state index contributed by atoms with van der Waals surface area (Å²) < 4.78 is 7.27. The average molecular weight is 338 g/mol. The minimum atomic E-state index is -0.253. The van der Waals surface area contributed by atoms with Gasteiger partial charge in [-0.1, -0.05) is 19.6 Å². The van der Waals surface area contributed by atoms with E-state index in [1.165, 1.54) is 6.92 Å². The first-order valence-electron chi connectivity index (χ1n) is 8.35. The van der Waals surface area contributed by atoms with E-state index in [0.717, 1.165) is 35.5 Å². The molecule has 0 aromatic carbocycles. The number of hydrogen-bond donors (Lipinski definition) is 0. The number of carbonyl (C=O) groups is 1. The normalized spacial score (nSPS) is 18.7. The van der Waals surface area contributed by atoms with Crippen LogP contribution in [0.25, 0.3) is 11.3 Å². The van der Waals surface area contributed by atoms with Crippen molar-refractivity contribution in [2.24, 2.45) is 0 Å². The van der Waals surface area contributed by atoms with Crippen molar-refractivity contribution < 1.29 is 9.21 Å². The first kappa shape index (κ1) is 17.0. The van der Waals surface area contributed by atoms with Gasteiger partial charge >= 0.3 is 0 Å². The Bertz CT molecular complexity index is 904. The molecule has 0 amide bonds. The number of hydrogen-bond acceptors (Lipinski definition) is 4. The van der Waals surface area contributed by atoms with Crippen LogP contribution < -0.4 is 5.43 Å². The molecule has 0 radical (unpaired) electrons. The maximum absolute atomic E-state index is 12.5. The number of nitrogens with zero attached hydrogens (tertiary/aromatic N) is 2. The molecule has 130 valence electrons. The molecule has 0 spiro atoms. The van der Waals surface area contributed by atoms with Crippen molar-refractivity contribution >= 4 is 17.1 Å². The van der Waals surface area contributed by atoms with Crippen molar-refractivity contribution in [1.82, 2.24) is 9.47 Å². The molecule has 0 N–H and O–H groups in total. The second-order valence-corrected chi connectivity index (χ2v) is 6.32. The van der Waals surface area contributed by atoms with Crippen LogP contribution in [0, 0.1) is 0 Å². The standard InChI is InChI=1S/C20H22N2O3/c1-5-15-10-21(4)20(16(6-2)14-7-8-25-12-14)18-9-19(24)17(13(3)23)11-22(15)18/h6-9,11-12,15H,2,5,10H2,1,3-4H3/b20-16+/t15-/m1/s1. The average Bonchev–Trinajstić information content (AvgIpc) is 3.10. The number of Topliss-reactive ketones (excluding diaryl/α,β-unsaturated/α-hetero) is 1. The number of furan rings is 1. The Kier molecular flexibility index (Phi) is 4.49. The van der Waals surface area contributed by atoms with E-state index in [9.17, 15) is 9.59 Å². The maximum Gasteiger partial charge on any atom is 0.193 e. The zero-order valence-corrected chi connectivity index (χ0v) is 14.8. The number of aromatic nitrogens is 1. The molecular weight excluding hydrogens is 316 g/mol. The molecule has 2 aromatic heterocycles. The monoisotopic (exact) mass is 338 g/mol. The quantitative estimate of drug-likeness (QED) is 0.800. The van der Waals surface area contributed by atoms with Crippen LogP contribution in [0.2, 0.25) is 0 Å². The summed E-state index contributed by atoms with van der Waals surface area (Å²) in [6.45, 7) is 8.26. The van der Waals surface area contributed by atoms with E-state index >= 15 is 0 Å². The van der Waals surface area contributed by atoms with Gasteiger partial charge in [0.25, 0.3) is 0 Å². The molecule has 0 saturated carbocycles. The van der Waals surface area contributed by atoms with Gasteiger partial charge in [-0.3, -0.25) is 9.59 Å². The molecule has 0 saturated heterocycles. The zero-order valence-electron chi connectivity index (χ0n) is 14.8. The maximum atomic E-state index is 12.5. The van der Waals surface area contributed by atoms with Crippen LogP contribution in [0.1, 0.15) is 47.9 Å². The Morgan fingerprint density at radius 1 is 1.48 bits per heavy atom. The lowest BCUT2D eigenvalue weighted by atomic mass is 9.98. The van der Waals surface area contributed by atoms with Crippen molar-refractivity contribution in [1.29, 1.82) is 0 Å². The Balaban J connectivity index is 2.34. The van der Waals surface area contributed by atoms with Gasteiger partial charge < -0.3 is 13.9 Å². The van der Waals surface area contributed by atoms with Crippen LogP contribution in [0.15, 0.2) is 52.7 Å². The number of ketones is 1. The molecular formula is C20H22N2O3. The summed E-state index contributed by atoms with van der Waals surface area (Å²) in [7, 11) is 2.01. The van der Waals surface area contributed by atoms with Gasteiger partial charge in [0.05, 0.1) is 35.5 Å². The summed E-state index contributed by atoms with van der Waals surface area (Å²) in [5.74, 6) is -0.210. The number of pyridine rings is 1. The molecule has 0 bridgehead atoms. The lowest BCUT2D eigenvalue weighted by molar-refractivity contribution is 0.101. The molecule has 25 heavy (non-hydrogen) atoms. The van der Waals surface area contributed by atoms with Gasteiger partial charge in [-0.05, 0) is 19.4 Å². The van der Waals surface area contributed by atoms with E-state index in [4.69, 9.17) is 4.42 Å². The van der Waals surface area contributed by atoms with Crippen LogP contribution in [0.4, 0.5) is 0 Å². The highest BCUT2D eigenvalue weighted by Gasteiger charge is 2.28. The largest absolute Gasteiger partial charge is 0.472 e. The molecule has 1 aliphatic heterocycles. The molecule has 0 unspecified atom stereocenters. The van der Waals surface area contributed by atoms with Crippen LogP contribution in [-0.4, -0.2) is 28.8 Å². The van der Waals surface area contributed by atoms with Crippen molar-refractivity contribution in [3.05, 3.63) is 70.6 Å². The number of carbonyl (C=O) groups excluding carboxylic acids is 1. The zero-order chi connectivity index (χ0) is 18.1. The van der Waals surface area contributed by atoms with E-state index in [0.29, 0.717) is 0 Å². The lowest BCUT2D eigenvalue weighted by Gasteiger charge is -2.38. The second-order valence-electron chi connectivity index (χ2n) is 6.32. The summed E-state index contributed by atoms with van der Waals surface area (Å²) in [5.41, 5.74) is 3.49. The number of allylic oxidation sites excluding steroid dienone is 2. The van der Waals surface area contributed by atoms with Crippen molar-refractivity contribution in [3.63, 3.8) is 0 Å². The van der Waals surface area contributed by atoms with Crippen LogP contribution in [-0.2, 0) is 0 Å². The van der Waals surface area contributed by atoms with Crippen LogP contribution in [0.5, 0.6) is 0 Å². The summed E-state index contributed by atoms with van der Waals surface area (Å²) in [6.07, 6.45) is 7.66. The van der Waals surface area contributed by atoms with E-state index in [1.807, 2.05) is 13.1 Å². The summed E-state index contributed by atoms with van der Waals surface area (Å²) in [4.78, 5) is 26.4. The van der Waals surface area contributed by atoms with Crippen molar-refractivity contribution in [3.8, 4) is 0 Å². The summed E-state index contributed by atoms with van der Waals surface area (Å²) in [5, 5.41) is 0. The molecule has 3 rings (SSSR count). The highest BCUT2D eigenvalue weighted by Crippen LogP contribution is 2.35. The fraction of sp³-hybridized carbons (Fsp3) is 0.300. The molecule has 1 atom stereocenters. The van der Waals surface area contributed by atoms with E-state index in [2.05, 4.69) is 23.0 Å². The van der Waals surface area contributed by atoms with Crippen LogP contribution >= 0.6 is 0 Å². The van der Waals surface area contributed by atoms with Gasteiger partial charge in [-0.25, -0.2) is 0 Å². The Morgan fingerprint density at radius 3 is 2.80 bits per heavy atom. The van der Waals surface area contributed by atoms with Gasteiger partial charge in [0.1, 0.15) is 0 Å². The minimum absolute atomic E-state index is 0.192. The van der Waals surface area contributed by atoms with Crippen molar-refractivity contribution in [2.75, 3.05) is 13.6 Å². The number of rotatable bonds is 4. The van der Waals surface area contributed by atoms with Crippen LogP contribution in [0.3, 0.4) is 0 Å². The Morgan fingerprint density at radius 2 is 2.24 bits per heavy atom. The molecule has 0 aliphatic carbocycles. The molecule has 1 aliphatic rings. The Labute approximate surface area is 146 Å².